The fourth-order valence-corrected chi connectivity index (χ4v) is 1.58. The molecule has 2 atom stereocenters. The third-order valence-corrected chi connectivity index (χ3v) is 2.50. The summed E-state index contributed by atoms with van der Waals surface area (Å²) in [6, 6.07) is 2.26. The van der Waals surface area contributed by atoms with Gasteiger partial charge in [0.2, 0.25) is 0 Å². The van der Waals surface area contributed by atoms with Crippen LogP contribution in [0.3, 0.4) is 0 Å². The molecule has 0 heterocycles. The van der Waals surface area contributed by atoms with Crippen molar-refractivity contribution in [3.63, 3.8) is 0 Å². The predicted octanol–water partition coefficient (Wildman–Crippen LogP) is 1.79. The Labute approximate surface area is 80.7 Å². The van der Waals surface area contributed by atoms with Crippen molar-refractivity contribution in [1.29, 1.82) is 0 Å². The lowest BCUT2D eigenvalue weighted by atomic mass is 10.1. The van der Waals surface area contributed by atoms with Crippen LogP contribution in [0.25, 0.3) is 0 Å². The highest BCUT2D eigenvalue weighted by Gasteiger charge is 2.39. The van der Waals surface area contributed by atoms with Crippen molar-refractivity contribution in [1.82, 2.24) is 0 Å². The van der Waals surface area contributed by atoms with Gasteiger partial charge in [0.15, 0.2) is 0 Å². The predicted molar refractivity (Wildman–Crippen MR) is 48.2 cm³/mol. The van der Waals surface area contributed by atoms with E-state index in [4.69, 9.17) is 10.5 Å². The highest BCUT2D eigenvalue weighted by atomic mass is 19.1. The van der Waals surface area contributed by atoms with Gasteiger partial charge in [-0.15, -0.1) is 0 Å². The van der Waals surface area contributed by atoms with Crippen LogP contribution in [0, 0.1) is 11.6 Å². The van der Waals surface area contributed by atoms with E-state index in [-0.39, 0.29) is 23.3 Å². The maximum Gasteiger partial charge on any atom is 0.133 e. The lowest BCUT2D eigenvalue weighted by Crippen LogP contribution is -2.04. The third-order valence-electron chi connectivity index (χ3n) is 2.50. The van der Waals surface area contributed by atoms with Gasteiger partial charge in [-0.05, 0) is 6.42 Å². The summed E-state index contributed by atoms with van der Waals surface area (Å²) in [5, 5.41) is 0. The van der Waals surface area contributed by atoms with E-state index >= 15 is 0 Å². The van der Waals surface area contributed by atoms with Crippen LogP contribution >= 0.6 is 0 Å². The minimum Gasteiger partial charge on any atom is -0.497 e. The van der Waals surface area contributed by atoms with Crippen LogP contribution < -0.4 is 10.5 Å². The van der Waals surface area contributed by atoms with E-state index in [2.05, 4.69) is 0 Å². The SMILES string of the molecule is COc1cc(F)c(C2CC2N)c(F)c1. The lowest BCUT2D eigenvalue weighted by molar-refractivity contribution is 0.405. The van der Waals surface area contributed by atoms with Gasteiger partial charge in [0.05, 0.1) is 7.11 Å². The number of nitrogens with two attached hydrogens (primary N) is 1. The smallest absolute Gasteiger partial charge is 0.133 e. The molecule has 0 radical (unpaired) electrons. The number of rotatable bonds is 2. The topological polar surface area (TPSA) is 35.2 Å². The van der Waals surface area contributed by atoms with Gasteiger partial charge in [0.25, 0.3) is 0 Å². The lowest BCUT2D eigenvalue weighted by Gasteiger charge is -2.06. The zero-order chi connectivity index (χ0) is 10.3. The number of hydrogen-bond donors (Lipinski definition) is 1. The van der Waals surface area contributed by atoms with E-state index < -0.39 is 11.6 Å². The van der Waals surface area contributed by atoms with Gasteiger partial charge < -0.3 is 10.5 Å². The van der Waals surface area contributed by atoms with Crippen molar-refractivity contribution in [3.05, 3.63) is 29.3 Å². The van der Waals surface area contributed by atoms with Crippen LogP contribution in [0.2, 0.25) is 0 Å². The van der Waals surface area contributed by atoms with E-state index in [1.807, 2.05) is 0 Å². The van der Waals surface area contributed by atoms with Gasteiger partial charge in [0.1, 0.15) is 17.4 Å². The monoisotopic (exact) mass is 199 g/mol. The zero-order valence-electron chi connectivity index (χ0n) is 7.76. The van der Waals surface area contributed by atoms with E-state index in [1.165, 1.54) is 19.2 Å². The molecule has 2 N–H and O–H groups in total. The van der Waals surface area contributed by atoms with Crippen LogP contribution in [-0.2, 0) is 0 Å². The first-order valence-corrected chi connectivity index (χ1v) is 4.42. The fraction of sp³-hybridized carbons (Fsp3) is 0.400. The van der Waals surface area contributed by atoms with Crippen LogP contribution in [-0.4, -0.2) is 13.2 Å². The first-order chi connectivity index (χ1) is 6.63. The second kappa shape index (κ2) is 3.20. The average molecular weight is 199 g/mol. The molecule has 0 aromatic heterocycles. The molecule has 14 heavy (non-hydrogen) atoms. The largest absolute Gasteiger partial charge is 0.497 e. The Morgan fingerprint density at radius 1 is 1.36 bits per heavy atom. The summed E-state index contributed by atoms with van der Waals surface area (Å²) in [5.41, 5.74) is 5.64. The summed E-state index contributed by atoms with van der Waals surface area (Å²) >= 11 is 0. The second-order valence-corrected chi connectivity index (χ2v) is 3.51. The number of benzene rings is 1. The molecule has 1 saturated carbocycles. The minimum absolute atomic E-state index is 0.0956. The molecule has 4 heteroatoms. The first kappa shape index (κ1) is 9.40. The number of halogens is 2. The average Bonchev–Trinajstić information content (AvgIpc) is 2.81. The molecule has 0 amide bonds. The third kappa shape index (κ3) is 1.46. The van der Waals surface area contributed by atoms with E-state index in [1.54, 1.807) is 0 Å². The minimum atomic E-state index is -0.570. The number of hydrogen-bond acceptors (Lipinski definition) is 2. The van der Waals surface area contributed by atoms with E-state index in [9.17, 15) is 8.78 Å². The van der Waals surface area contributed by atoms with Crippen LogP contribution in [0.4, 0.5) is 8.78 Å². The highest BCUT2D eigenvalue weighted by molar-refractivity contribution is 5.36. The maximum atomic E-state index is 13.4. The van der Waals surface area contributed by atoms with Gasteiger partial charge in [-0.3, -0.25) is 0 Å². The van der Waals surface area contributed by atoms with Gasteiger partial charge >= 0.3 is 0 Å². The summed E-state index contributed by atoms with van der Waals surface area (Å²) in [4.78, 5) is 0. The standard InChI is InChI=1S/C10H11F2NO/c1-14-5-2-7(11)10(8(12)3-5)6-4-9(6)13/h2-3,6,9H,4,13H2,1H3. The Balaban J connectivity index is 2.40. The Bertz CT molecular complexity index is 344. The van der Waals surface area contributed by atoms with Crippen LogP contribution in [0.1, 0.15) is 17.9 Å². The van der Waals surface area contributed by atoms with E-state index in [0.29, 0.717) is 6.42 Å². The Kier molecular flexibility index (Phi) is 2.15. The molecule has 2 rings (SSSR count). The summed E-state index contributed by atoms with van der Waals surface area (Å²) in [7, 11) is 1.37. The van der Waals surface area contributed by atoms with Gasteiger partial charge in [-0.2, -0.15) is 0 Å². The number of ether oxygens (including phenoxy) is 1. The molecule has 1 aromatic carbocycles. The molecule has 0 spiro atoms. The van der Waals surface area contributed by atoms with Gasteiger partial charge in [0, 0.05) is 29.7 Å². The molecule has 1 fully saturated rings. The van der Waals surface area contributed by atoms with Crippen molar-refractivity contribution in [2.75, 3.05) is 7.11 Å². The maximum absolute atomic E-state index is 13.4. The molecule has 2 nitrogen and oxygen atoms in total. The highest BCUT2D eigenvalue weighted by Crippen LogP contribution is 2.42. The fourth-order valence-electron chi connectivity index (χ4n) is 1.58. The quantitative estimate of drug-likeness (QED) is 0.788. The second-order valence-electron chi connectivity index (χ2n) is 3.51. The molecule has 2 unspecified atom stereocenters. The Morgan fingerprint density at radius 2 is 1.86 bits per heavy atom. The van der Waals surface area contributed by atoms with Crippen molar-refractivity contribution >= 4 is 0 Å². The van der Waals surface area contributed by atoms with Crippen molar-refractivity contribution in [2.45, 2.75) is 18.4 Å². The Morgan fingerprint density at radius 3 is 2.21 bits per heavy atom. The molecule has 0 aliphatic heterocycles. The normalized spacial score (nSPS) is 24.9. The number of methoxy groups -OCH3 is 1. The van der Waals surface area contributed by atoms with Gasteiger partial charge in [-0.25, -0.2) is 8.78 Å². The molecular formula is C10H11F2NO. The van der Waals surface area contributed by atoms with Gasteiger partial charge in [-0.1, -0.05) is 0 Å². The first-order valence-electron chi connectivity index (χ1n) is 4.42. The summed E-state index contributed by atoms with van der Waals surface area (Å²) < 4.78 is 31.5. The van der Waals surface area contributed by atoms with Crippen LogP contribution in [0.15, 0.2) is 12.1 Å². The summed E-state index contributed by atoms with van der Waals surface area (Å²) in [6.07, 6.45) is 0.653. The zero-order valence-corrected chi connectivity index (χ0v) is 7.76. The molecular weight excluding hydrogens is 188 g/mol. The molecule has 1 aromatic rings. The Hall–Kier alpha value is -1.16. The molecule has 0 saturated heterocycles. The van der Waals surface area contributed by atoms with Crippen molar-refractivity contribution < 1.29 is 13.5 Å². The molecule has 0 bridgehead atoms. The van der Waals surface area contributed by atoms with Crippen LogP contribution in [0.5, 0.6) is 5.75 Å². The van der Waals surface area contributed by atoms with Crippen molar-refractivity contribution in [3.8, 4) is 5.75 Å². The summed E-state index contributed by atoms with van der Waals surface area (Å²) in [5.74, 6) is -1.11. The van der Waals surface area contributed by atoms with E-state index in [0.717, 1.165) is 0 Å². The molecule has 1 aliphatic rings. The summed E-state index contributed by atoms with van der Waals surface area (Å²) in [6.45, 7) is 0. The molecule has 76 valence electrons. The van der Waals surface area contributed by atoms with Crippen molar-refractivity contribution in [2.24, 2.45) is 5.73 Å². The molecule has 1 aliphatic carbocycles.